The van der Waals surface area contributed by atoms with Crippen LogP contribution in [0.5, 0.6) is 0 Å². The molecule has 0 radical (unpaired) electrons. The van der Waals surface area contributed by atoms with Crippen molar-refractivity contribution in [2.45, 2.75) is 12.1 Å². The van der Waals surface area contributed by atoms with Gasteiger partial charge in [0.2, 0.25) is 11.1 Å². The molecule has 8 nitrogen and oxygen atoms in total. The minimum Gasteiger partial charge on any atom is -0.325 e. The van der Waals surface area contributed by atoms with Crippen molar-refractivity contribution in [2.24, 2.45) is 0 Å². The van der Waals surface area contributed by atoms with E-state index in [9.17, 15) is 14.9 Å². The van der Waals surface area contributed by atoms with E-state index in [0.717, 1.165) is 5.56 Å². The van der Waals surface area contributed by atoms with Crippen LogP contribution in [0.2, 0.25) is 0 Å². The number of aromatic nitrogens is 3. The molecule has 132 valence electrons. The molecular weight excluding hydrogens is 354 g/mol. The molecule has 0 spiro atoms. The first-order valence-corrected chi connectivity index (χ1v) is 8.67. The number of rotatable bonds is 6. The molecule has 0 aliphatic carbocycles. The van der Waals surface area contributed by atoms with E-state index in [-0.39, 0.29) is 17.3 Å². The summed E-state index contributed by atoms with van der Waals surface area (Å²) < 4.78 is 0. The lowest BCUT2D eigenvalue weighted by Gasteiger charge is -2.05. The number of thioether (sulfide) groups is 1. The van der Waals surface area contributed by atoms with E-state index in [2.05, 4.69) is 20.5 Å². The molecule has 0 saturated carbocycles. The summed E-state index contributed by atoms with van der Waals surface area (Å²) in [6.07, 6.45) is 0. The van der Waals surface area contributed by atoms with Crippen LogP contribution in [0, 0.1) is 17.0 Å². The predicted molar refractivity (Wildman–Crippen MR) is 99.0 cm³/mol. The fourth-order valence-corrected chi connectivity index (χ4v) is 2.85. The lowest BCUT2D eigenvalue weighted by molar-refractivity contribution is -0.385. The molecule has 1 amide bonds. The first-order valence-electron chi connectivity index (χ1n) is 7.68. The number of hydrogen-bond acceptors (Lipinski definition) is 6. The summed E-state index contributed by atoms with van der Waals surface area (Å²) in [7, 11) is 0. The Labute approximate surface area is 153 Å². The molecule has 0 atom stereocenters. The summed E-state index contributed by atoms with van der Waals surface area (Å²) >= 11 is 1.18. The number of H-pyrrole nitrogens is 1. The number of aromatic amines is 1. The fourth-order valence-electron chi connectivity index (χ4n) is 2.25. The minimum absolute atomic E-state index is 0.0306. The molecule has 0 aliphatic heterocycles. The molecule has 0 saturated heterocycles. The number of nitrogens with zero attached hydrogens (tertiary/aromatic N) is 3. The number of aryl methyl sites for hydroxylation is 1. The largest absolute Gasteiger partial charge is 0.325 e. The molecule has 3 aromatic rings. The number of nitro benzene ring substituents is 1. The summed E-state index contributed by atoms with van der Waals surface area (Å²) in [5.41, 5.74) is 1.80. The van der Waals surface area contributed by atoms with E-state index >= 15 is 0 Å². The molecule has 3 rings (SSSR count). The Bertz CT molecular complexity index is 943. The van der Waals surface area contributed by atoms with Crippen LogP contribution in [-0.4, -0.2) is 31.8 Å². The second-order valence-corrected chi connectivity index (χ2v) is 6.37. The number of nitro groups is 1. The van der Waals surface area contributed by atoms with E-state index < -0.39 is 4.92 Å². The van der Waals surface area contributed by atoms with Gasteiger partial charge in [-0.1, -0.05) is 48.2 Å². The molecule has 1 aromatic heterocycles. The number of anilines is 1. The van der Waals surface area contributed by atoms with Gasteiger partial charge in [0.1, 0.15) is 0 Å². The Hall–Kier alpha value is -3.20. The molecule has 1 heterocycles. The number of carbonyl (C=O) groups is 1. The number of hydrogen-bond donors (Lipinski definition) is 2. The maximum Gasteiger partial charge on any atom is 0.274 e. The van der Waals surface area contributed by atoms with Crippen molar-refractivity contribution in [3.63, 3.8) is 0 Å². The van der Waals surface area contributed by atoms with Crippen molar-refractivity contribution in [1.29, 1.82) is 0 Å². The van der Waals surface area contributed by atoms with E-state index in [4.69, 9.17) is 0 Å². The smallest absolute Gasteiger partial charge is 0.274 e. The van der Waals surface area contributed by atoms with Gasteiger partial charge in [-0.25, -0.2) is 4.98 Å². The van der Waals surface area contributed by atoms with Crippen LogP contribution in [0.25, 0.3) is 11.4 Å². The van der Waals surface area contributed by atoms with Gasteiger partial charge >= 0.3 is 0 Å². The zero-order chi connectivity index (χ0) is 18.5. The fraction of sp³-hybridized carbons (Fsp3) is 0.118. The summed E-state index contributed by atoms with van der Waals surface area (Å²) in [6.45, 7) is 1.65. The average Bonchev–Trinajstić information content (AvgIpc) is 3.11. The van der Waals surface area contributed by atoms with Crippen molar-refractivity contribution in [1.82, 2.24) is 15.2 Å². The number of carbonyl (C=O) groups excluding carboxylic acids is 1. The third-order valence-corrected chi connectivity index (χ3v) is 4.38. The summed E-state index contributed by atoms with van der Waals surface area (Å²) in [5, 5.41) is 21.0. The standard InChI is InChI=1S/C17H15N5O3S/c1-11-7-8-13(9-14(11)22(24)25)18-15(23)10-26-17-19-16(20-21-17)12-5-3-2-4-6-12/h2-9H,10H2,1H3,(H,18,23)(H,19,20,21). The summed E-state index contributed by atoms with van der Waals surface area (Å²) in [5.74, 6) is 0.426. The topological polar surface area (TPSA) is 114 Å². The highest BCUT2D eigenvalue weighted by Crippen LogP contribution is 2.23. The summed E-state index contributed by atoms with van der Waals surface area (Å²) in [4.78, 5) is 26.9. The second kappa shape index (κ2) is 7.79. The zero-order valence-corrected chi connectivity index (χ0v) is 14.6. The van der Waals surface area contributed by atoms with Crippen LogP contribution in [-0.2, 0) is 4.79 Å². The van der Waals surface area contributed by atoms with Gasteiger partial charge in [-0.05, 0) is 13.0 Å². The van der Waals surface area contributed by atoms with Crippen LogP contribution in [0.1, 0.15) is 5.56 Å². The monoisotopic (exact) mass is 369 g/mol. The number of benzene rings is 2. The van der Waals surface area contributed by atoms with Crippen LogP contribution >= 0.6 is 11.8 Å². The van der Waals surface area contributed by atoms with E-state index in [1.165, 1.54) is 17.8 Å². The van der Waals surface area contributed by atoms with E-state index in [1.54, 1.807) is 19.1 Å². The highest BCUT2D eigenvalue weighted by atomic mass is 32.2. The highest BCUT2D eigenvalue weighted by Gasteiger charge is 2.13. The Morgan fingerprint density at radius 2 is 2.04 bits per heavy atom. The SMILES string of the molecule is Cc1ccc(NC(=O)CSc2n[nH]c(-c3ccccc3)n2)cc1[N+](=O)[O-]. The average molecular weight is 369 g/mol. The van der Waals surface area contributed by atoms with Crippen molar-refractivity contribution in [3.05, 3.63) is 64.2 Å². The second-order valence-electron chi connectivity index (χ2n) is 5.43. The number of amides is 1. The van der Waals surface area contributed by atoms with Crippen LogP contribution in [0.3, 0.4) is 0 Å². The molecule has 2 N–H and O–H groups in total. The quantitative estimate of drug-likeness (QED) is 0.391. The maximum atomic E-state index is 12.1. The van der Waals surface area contributed by atoms with Crippen LogP contribution in [0.4, 0.5) is 11.4 Å². The third-order valence-electron chi connectivity index (χ3n) is 3.53. The molecule has 0 aliphatic rings. The first kappa shape index (κ1) is 17.6. The predicted octanol–water partition coefficient (Wildman–Crippen LogP) is 3.42. The van der Waals surface area contributed by atoms with Crippen molar-refractivity contribution < 1.29 is 9.72 Å². The Morgan fingerprint density at radius 1 is 1.27 bits per heavy atom. The minimum atomic E-state index is -0.474. The van der Waals surface area contributed by atoms with Gasteiger partial charge in [0.05, 0.1) is 10.7 Å². The summed E-state index contributed by atoms with van der Waals surface area (Å²) in [6, 6.07) is 14.1. The maximum absolute atomic E-state index is 12.1. The van der Waals surface area contributed by atoms with Gasteiger partial charge in [0.15, 0.2) is 5.82 Å². The molecular formula is C17H15N5O3S. The molecule has 26 heavy (non-hydrogen) atoms. The van der Waals surface area contributed by atoms with Gasteiger partial charge < -0.3 is 5.32 Å². The Balaban J connectivity index is 1.59. The normalized spacial score (nSPS) is 10.5. The van der Waals surface area contributed by atoms with Gasteiger partial charge in [0.25, 0.3) is 5.69 Å². The molecule has 2 aromatic carbocycles. The van der Waals surface area contributed by atoms with Crippen LogP contribution < -0.4 is 5.32 Å². The lowest BCUT2D eigenvalue weighted by atomic mass is 10.2. The molecule has 0 unspecified atom stereocenters. The van der Waals surface area contributed by atoms with Gasteiger partial charge in [0, 0.05) is 22.9 Å². The third kappa shape index (κ3) is 4.25. The van der Waals surface area contributed by atoms with E-state index in [1.807, 2.05) is 30.3 Å². The van der Waals surface area contributed by atoms with Crippen molar-refractivity contribution in [3.8, 4) is 11.4 Å². The van der Waals surface area contributed by atoms with Gasteiger partial charge in [-0.2, -0.15) is 0 Å². The molecule has 9 heteroatoms. The molecule has 0 bridgehead atoms. The highest BCUT2D eigenvalue weighted by molar-refractivity contribution is 7.99. The van der Waals surface area contributed by atoms with E-state index in [0.29, 0.717) is 22.2 Å². The lowest BCUT2D eigenvalue weighted by Crippen LogP contribution is -2.14. The van der Waals surface area contributed by atoms with Crippen LogP contribution in [0.15, 0.2) is 53.7 Å². The number of nitrogens with one attached hydrogen (secondary N) is 2. The van der Waals surface area contributed by atoms with Crippen molar-refractivity contribution >= 4 is 29.0 Å². The zero-order valence-electron chi connectivity index (χ0n) is 13.8. The van der Waals surface area contributed by atoms with Crippen molar-refractivity contribution in [2.75, 3.05) is 11.1 Å². The van der Waals surface area contributed by atoms with Gasteiger partial charge in [-0.3, -0.25) is 20.0 Å². The van der Waals surface area contributed by atoms with Gasteiger partial charge in [-0.15, -0.1) is 5.10 Å². The Morgan fingerprint density at radius 3 is 2.77 bits per heavy atom. The Kier molecular flexibility index (Phi) is 5.28. The molecule has 0 fully saturated rings. The first-order chi connectivity index (χ1) is 12.5.